The third kappa shape index (κ3) is 17.5. The highest BCUT2D eigenvalue weighted by Gasteiger charge is 2.45. The summed E-state index contributed by atoms with van der Waals surface area (Å²) in [4.78, 5) is 42.7. The third-order valence-electron chi connectivity index (χ3n) is 16.1. The van der Waals surface area contributed by atoms with Gasteiger partial charge in [0.1, 0.15) is 36.4 Å². The number of nitrogens with two attached hydrogens (primary N) is 3. The Balaban J connectivity index is 0.000000237. The highest BCUT2D eigenvalue weighted by Crippen LogP contribution is 2.48. The van der Waals surface area contributed by atoms with Gasteiger partial charge in [0.25, 0.3) is 0 Å². The van der Waals surface area contributed by atoms with E-state index in [1.54, 1.807) is 83.1 Å². The van der Waals surface area contributed by atoms with Crippen LogP contribution in [0.15, 0.2) is 36.3 Å². The summed E-state index contributed by atoms with van der Waals surface area (Å²) in [5.74, 6) is -12.1. The number of carbonyl (C=O) groups excluding carboxylic acids is 3. The minimum Gasteiger partial charge on any atom is -0.493 e. The normalized spacial score (nSPS) is 34.7. The van der Waals surface area contributed by atoms with Crippen LogP contribution < -0.4 is 45.6 Å². The number of esters is 3. The van der Waals surface area contributed by atoms with Crippen molar-refractivity contribution >= 4 is 17.9 Å². The molecule has 6 N–H and O–H groups in total. The van der Waals surface area contributed by atoms with Crippen LogP contribution in [0.25, 0.3) is 0 Å². The number of methoxy groups -OCH3 is 6. The molecule has 90 heavy (non-hydrogen) atoms. The van der Waals surface area contributed by atoms with E-state index in [1.165, 1.54) is 38.2 Å². The van der Waals surface area contributed by atoms with Crippen molar-refractivity contribution in [3.05, 3.63) is 69.6 Å². The Labute approximate surface area is 573 Å². The van der Waals surface area contributed by atoms with Gasteiger partial charge in [0.2, 0.25) is 0 Å². The van der Waals surface area contributed by atoms with Crippen LogP contribution in [0.1, 0.15) is 206 Å². The smallest absolute Gasteiger partial charge is 0.323 e. The van der Waals surface area contributed by atoms with Gasteiger partial charge in [-0.2, -0.15) is 0 Å². The predicted octanol–water partition coefficient (Wildman–Crippen LogP) is 10.7. The van der Waals surface area contributed by atoms with Crippen LogP contribution in [0.5, 0.6) is 34.5 Å². The van der Waals surface area contributed by atoms with Gasteiger partial charge in [0.05, 0.1) is 54.9 Å². The molecule has 504 valence electrons. The van der Waals surface area contributed by atoms with Crippen molar-refractivity contribution in [1.29, 1.82) is 0 Å². The second-order valence-corrected chi connectivity index (χ2v) is 25.5. The van der Waals surface area contributed by atoms with Crippen LogP contribution in [0.3, 0.4) is 0 Å². The first-order valence-electron chi connectivity index (χ1n) is 43.2. The molecule has 0 bridgehead atoms. The lowest BCUT2D eigenvalue weighted by molar-refractivity contribution is -0.161. The van der Waals surface area contributed by atoms with Gasteiger partial charge in [-0.15, -0.1) is 0 Å². The maximum atomic E-state index is 13.0. The molecule has 0 radical (unpaired) electrons. The van der Waals surface area contributed by atoms with E-state index >= 15 is 0 Å². The highest BCUT2D eigenvalue weighted by molar-refractivity contribution is 5.77. The molecule has 0 amide bonds. The van der Waals surface area contributed by atoms with Gasteiger partial charge in [-0.05, 0) is 144 Å². The zero-order chi connectivity index (χ0) is 87.2. The number of ether oxygens (including phenoxy) is 9. The maximum absolute atomic E-state index is 13.0. The average molecular weight is 1280 g/mol. The highest BCUT2D eigenvalue weighted by atomic mass is 16.6. The molecule has 3 saturated heterocycles. The Morgan fingerprint density at radius 2 is 0.700 bits per heavy atom. The fourth-order valence-corrected chi connectivity index (χ4v) is 11.0. The fraction of sp³-hybridized carbons (Fsp3) is 0.708. The van der Waals surface area contributed by atoms with Crippen molar-refractivity contribution in [3.8, 4) is 34.5 Å². The lowest BCUT2D eigenvalue weighted by atomic mass is 9.79. The second kappa shape index (κ2) is 32.5. The van der Waals surface area contributed by atoms with Gasteiger partial charge >= 0.3 is 17.9 Å². The summed E-state index contributed by atoms with van der Waals surface area (Å²) in [6, 6.07) is -9.26. The molecule has 6 aliphatic rings. The number of benzene rings is 3. The van der Waals surface area contributed by atoms with Crippen LogP contribution >= 0.6 is 0 Å². The zero-order valence-corrected chi connectivity index (χ0v) is 55.5. The van der Waals surface area contributed by atoms with Crippen molar-refractivity contribution < 1.29 is 89.9 Å². The molecule has 0 aliphatic carbocycles. The van der Waals surface area contributed by atoms with E-state index in [0.717, 1.165) is 12.0 Å². The molecule has 0 saturated carbocycles. The van der Waals surface area contributed by atoms with Crippen LogP contribution in [-0.4, -0.2) is 151 Å². The van der Waals surface area contributed by atoms with Crippen molar-refractivity contribution in [3.63, 3.8) is 0 Å². The van der Waals surface area contributed by atoms with Crippen molar-refractivity contribution in [2.45, 2.75) is 195 Å². The van der Waals surface area contributed by atoms with Crippen molar-refractivity contribution in [2.75, 3.05) is 81.7 Å². The number of hydrogen-bond acceptors (Lipinski definition) is 18. The number of piperidine rings is 3. The molecule has 18 nitrogen and oxygen atoms in total. The molecule has 9 unspecified atom stereocenters. The lowest BCUT2D eigenvalue weighted by Gasteiger charge is -2.47. The van der Waals surface area contributed by atoms with E-state index in [2.05, 4.69) is 0 Å². The molecule has 18 heteroatoms. The summed E-state index contributed by atoms with van der Waals surface area (Å²) in [5.41, 5.74) is 18.8. The predicted molar refractivity (Wildman–Crippen MR) is 353 cm³/mol. The second-order valence-electron chi connectivity index (χ2n) is 25.5. The van der Waals surface area contributed by atoms with E-state index in [1.807, 2.05) is 0 Å². The van der Waals surface area contributed by atoms with Crippen molar-refractivity contribution in [1.82, 2.24) is 14.7 Å². The molecular formula is C72H114N6O12. The molecule has 6 aliphatic heterocycles. The molecule has 6 heterocycles. The molecule has 12 atom stereocenters. The Morgan fingerprint density at radius 3 is 0.922 bits per heavy atom. The lowest BCUT2D eigenvalue weighted by Crippen LogP contribution is -2.51. The van der Waals surface area contributed by atoms with Gasteiger partial charge in [-0.3, -0.25) is 29.1 Å². The third-order valence-corrected chi connectivity index (χ3v) is 16.1. The first-order chi connectivity index (χ1) is 52.1. The minimum atomic E-state index is -2.96. The Morgan fingerprint density at radius 1 is 0.456 bits per heavy atom. The van der Waals surface area contributed by atoms with Gasteiger partial charge in [0, 0.05) is 115 Å². The molecular weight excluding hydrogens is 1140 g/mol. The number of rotatable bonds is 21. The largest absolute Gasteiger partial charge is 0.493 e. The van der Waals surface area contributed by atoms with Crippen LogP contribution in [0, 0.1) is 53.2 Å². The van der Waals surface area contributed by atoms with E-state index in [0.29, 0.717) is 11.1 Å². The van der Waals surface area contributed by atoms with E-state index in [9.17, 15) is 26.7 Å². The number of hydrogen-bond donors (Lipinski definition) is 3. The molecule has 0 spiro atoms. The zero-order valence-electron chi connectivity index (χ0n) is 79.5. The van der Waals surface area contributed by atoms with Gasteiger partial charge in [-0.25, -0.2) is 0 Å². The summed E-state index contributed by atoms with van der Waals surface area (Å²) in [6.07, 6.45) is -13.4. The van der Waals surface area contributed by atoms with Gasteiger partial charge in [-0.1, -0.05) is 83.1 Å². The molecule has 3 fully saturated rings. The Kier molecular flexibility index (Phi) is 16.2. The number of carbonyl (C=O) groups is 3. The summed E-state index contributed by atoms with van der Waals surface area (Å²) >= 11 is 0. The SMILES string of the molecule is [2H]c1c2c(c([2H])c(OC)c1OC([2H])([2H])[2H])C1N(CC2)C([2H])([2H])C([2H])(CC(C)C)C(OC(=O)[C@@H](N)C(C)C)C1([2H])[2H].[2H]c1c2c(c([2H])c(OC)c1OC)C1N(CC2)C([2H])([2H])C([2H])(CC(C)C)C(OC(=O)[C@@H](N)C(C)C)C1([2H])[2H].[2H]c1c2c(c([2H])c(OC)c1OC)C1N(CC2)C([2H])([2H])C([2H])(CC(C)C)C(OC(=O)[C@@H](N)C(C)C)C1([2H])[2H]. The minimum absolute atomic E-state index is 0.00409. The standard InChI is InChI=1S/3C24H38N2O4/c3*1-14(2)9-17-13-26-8-7-16-10-21(28-5)22(29-6)11-18(16)19(26)12-20(17)30-24(27)23(25)15(3)4/h3*10-11,14-15,17,19-20,23H,7-9,12-13,25H2,1-6H3/t3*17?,19?,20?,23-/m000/s1/i5D3,10D,11D,12D2,13D2,17D;2*10D,11D,12D2,13D2,17D. The Bertz CT molecular complexity index is 3880. The van der Waals surface area contributed by atoms with Gasteiger partial charge in [0.15, 0.2) is 34.5 Å². The first-order valence-corrected chi connectivity index (χ1v) is 31.2. The average Bonchev–Trinajstić information content (AvgIpc) is 0.696. The van der Waals surface area contributed by atoms with Crippen molar-refractivity contribution in [2.24, 2.45) is 70.4 Å². The monoisotopic (exact) mass is 1280 g/mol. The molecule has 9 rings (SSSR count). The Hall–Kier alpha value is -5.37. The first kappa shape index (κ1) is 45.0. The van der Waals surface area contributed by atoms with E-state index < -0.39 is 159 Å². The molecule has 3 aromatic carbocycles. The molecule has 0 aromatic heterocycles. The maximum Gasteiger partial charge on any atom is 0.323 e. The fourth-order valence-electron chi connectivity index (χ4n) is 11.0. The van der Waals surface area contributed by atoms with Crippen LogP contribution in [-0.2, 0) is 47.9 Å². The number of nitrogens with zero attached hydrogens (tertiary/aromatic N) is 3. The summed E-state index contributed by atoms with van der Waals surface area (Å²) in [5, 5.41) is 0. The quantitative estimate of drug-likeness (QED) is 0.0666. The van der Waals surface area contributed by atoms with E-state index in [4.69, 9.17) is 80.4 Å². The van der Waals surface area contributed by atoms with Gasteiger partial charge < -0.3 is 59.8 Å². The summed E-state index contributed by atoms with van der Waals surface area (Å²) < 4.78 is 262. The topological polar surface area (TPSA) is 222 Å². The summed E-state index contributed by atoms with van der Waals surface area (Å²) in [6.45, 7) is 13.2. The number of fused-ring (bicyclic) bond motifs is 9. The van der Waals surface area contributed by atoms with Crippen LogP contribution in [0.2, 0.25) is 0 Å². The summed E-state index contributed by atoms with van der Waals surface area (Å²) in [7, 11) is 3.51. The molecule has 3 aromatic rings. The van der Waals surface area contributed by atoms with E-state index in [-0.39, 0.29) is 163 Å². The van der Waals surface area contributed by atoms with Crippen LogP contribution in [0.4, 0.5) is 0 Å².